The number of hydrogen-bond donors (Lipinski definition) is 3. The van der Waals surface area contributed by atoms with Crippen molar-refractivity contribution >= 4 is 28.9 Å². The molecule has 0 fully saturated rings. The molecule has 0 aliphatic heterocycles. The number of hydrogen-bond acceptors (Lipinski definition) is 5. The van der Waals surface area contributed by atoms with Crippen molar-refractivity contribution in [3.8, 4) is 0 Å². The van der Waals surface area contributed by atoms with Gasteiger partial charge in [0.05, 0.1) is 16.3 Å². The van der Waals surface area contributed by atoms with E-state index in [-0.39, 0.29) is 16.9 Å². The Balaban J connectivity index is 2.20. The quantitative estimate of drug-likeness (QED) is 0.780. The van der Waals surface area contributed by atoms with Crippen molar-refractivity contribution in [3.63, 3.8) is 0 Å². The molecular formula is C13H12FN3O3S. The summed E-state index contributed by atoms with van der Waals surface area (Å²) in [7, 11) is 0. The maximum absolute atomic E-state index is 13.1. The van der Waals surface area contributed by atoms with Crippen molar-refractivity contribution in [2.45, 2.75) is 6.42 Å². The van der Waals surface area contributed by atoms with Gasteiger partial charge in [-0.2, -0.15) is 0 Å². The first-order valence-corrected chi connectivity index (χ1v) is 6.88. The first-order valence-electron chi connectivity index (χ1n) is 6.00. The van der Waals surface area contributed by atoms with Gasteiger partial charge in [-0.1, -0.05) is 0 Å². The zero-order valence-corrected chi connectivity index (χ0v) is 11.6. The minimum Gasteiger partial charge on any atom is -0.478 e. The summed E-state index contributed by atoms with van der Waals surface area (Å²) < 4.78 is 13.1. The molecule has 8 heteroatoms. The van der Waals surface area contributed by atoms with Gasteiger partial charge in [-0.3, -0.25) is 4.79 Å². The van der Waals surface area contributed by atoms with Gasteiger partial charge in [0, 0.05) is 11.8 Å². The van der Waals surface area contributed by atoms with Crippen molar-refractivity contribution in [2.24, 2.45) is 5.73 Å². The van der Waals surface area contributed by atoms with Crippen LogP contribution in [-0.4, -0.2) is 28.5 Å². The molecule has 0 aliphatic rings. The molecule has 0 unspecified atom stereocenters. The van der Waals surface area contributed by atoms with Crippen LogP contribution in [0.5, 0.6) is 0 Å². The predicted molar refractivity (Wildman–Crippen MR) is 76.2 cm³/mol. The van der Waals surface area contributed by atoms with Crippen LogP contribution in [0.15, 0.2) is 23.6 Å². The van der Waals surface area contributed by atoms with Crippen molar-refractivity contribution in [2.75, 3.05) is 11.9 Å². The molecular weight excluding hydrogens is 297 g/mol. The van der Waals surface area contributed by atoms with Crippen LogP contribution in [0.1, 0.15) is 25.9 Å². The lowest BCUT2D eigenvalue weighted by molar-refractivity contribution is 0.0697. The van der Waals surface area contributed by atoms with Crippen molar-refractivity contribution in [1.29, 1.82) is 0 Å². The minimum atomic E-state index is -1.33. The lowest BCUT2D eigenvalue weighted by Gasteiger charge is -2.07. The third-order valence-electron chi connectivity index (χ3n) is 2.60. The highest BCUT2D eigenvalue weighted by Gasteiger charge is 2.16. The molecule has 2 rings (SSSR count). The highest BCUT2D eigenvalue weighted by Crippen LogP contribution is 2.19. The normalized spacial score (nSPS) is 10.4. The van der Waals surface area contributed by atoms with Gasteiger partial charge in [-0.25, -0.2) is 14.2 Å². The molecule has 0 spiro atoms. The summed E-state index contributed by atoms with van der Waals surface area (Å²) >= 11 is 1.30. The number of aromatic nitrogens is 1. The van der Waals surface area contributed by atoms with Gasteiger partial charge >= 0.3 is 5.97 Å². The second-order valence-corrected chi connectivity index (χ2v) is 5.06. The number of nitrogens with one attached hydrogen (secondary N) is 1. The van der Waals surface area contributed by atoms with Gasteiger partial charge in [0.25, 0.3) is 5.91 Å². The molecule has 0 atom stereocenters. The number of carbonyl (C=O) groups is 2. The fourth-order valence-electron chi connectivity index (χ4n) is 1.64. The number of carboxylic acids is 1. The Morgan fingerprint density at radius 1 is 1.43 bits per heavy atom. The van der Waals surface area contributed by atoms with E-state index in [9.17, 15) is 14.0 Å². The molecule has 0 radical (unpaired) electrons. The first kappa shape index (κ1) is 15.1. The third kappa shape index (κ3) is 3.61. The number of aromatic carboxylic acids is 1. The molecule has 0 bridgehead atoms. The van der Waals surface area contributed by atoms with Crippen molar-refractivity contribution in [3.05, 3.63) is 45.7 Å². The van der Waals surface area contributed by atoms with Crippen LogP contribution in [-0.2, 0) is 6.42 Å². The number of anilines is 1. The second kappa shape index (κ2) is 6.42. The molecule has 1 heterocycles. The summed E-state index contributed by atoms with van der Waals surface area (Å²) in [6.45, 7) is 0.426. The van der Waals surface area contributed by atoms with E-state index in [1.54, 1.807) is 5.38 Å². The average Bonchev–Trinajstić information content (AvgIpc) is 2.89. The molecule has 0 saturated heterocycles. The lowest BCUT2D eigenvalue weighted by atomic mass is 10.1. The summed E-state index contributed by atoms with van der Waals surface area (Å²) in [5.74, 6) is -2.57. The van der Waals surface area contributed by atoms with Gasteiger partial charge in [0.1, 0.15) is 11.5 Å². The van der Waals surface area contributed by atoms with Crippen molar-refractivity contribution in [1.82, 2.24) is 4.98 Å². The Labute approximate surface area is 123 Å². The van der Waals surface area contributed by atoms with Gasteiger partial charge in [0.2, 0.25) is 0 Å². The number of rotatable bonds is 5. The van der Waals surface area contributed by atoms with E-state index in [0.29, 0.717) is 13.0 Å². The zero-order valence-electron chi connectivity index (χ0n) is 10.8. The number of nitrogens with zero attached hydrogens (tertiary/aromatic N) is 1. The Hall–Kier alpha value is -2.32. The number of amides is 1. The average molecular weight is 309 g/mol. The lowest BCUT2D eigenvalue weighted by Crippen LogP contribution is -2.15. The van der Waals surface area contributed by atoms with E-state index in [4.69, 9.17) is 10.8 Å². The molecule has 1 aromatic heterocycles. The second-order valence-electron chi connectivity index (χ2n) is 4.11. The summed E-state index contributed by atoms with van der Waals surface area (Å²) in [5, 5.41) is 13.7. The molecule has 0 aliphatic carbocycles. The molecule has 4 N–H and O–H groups in total. The van der Waals surface area contributed by atoms with Crippen molar-refractivity contribution < 1.29 is 19.1 Å². The maximum atomic E-state index is 13.1. The first-order chi connectivity index (χ1) is 10.0. The number of thiazole rings is 1. The van der Waals surface area contributed by atoms with Crippen LogP contribution >= 0.6 is 11.3 Å². The zero-order chi connectivity index (χ0) is 15.4. The fraction of sp³-hybridized carbons (Fsp3) is 0.154. The van der Waals surface area contributed by atoms with Gasteiger partial charge in [0.15, 0.2) is 0 Å². The molecule has 1 amide bonds. The predicted octanol–water partition coefficient (Wildman–Crippen LogP) is 1.73. The largest absolute Gasteiger partial charge is 0.478 e. The van der Waals surface area contributed by atoms with E-state index in [1.165, 1.54) is 17.4 Å². The van der Waals surface area contributed by atoms with Crippen LogP contribution in [0.4, 0.5) is 10.1 Å². The monoisotopic (exact) mass is 309 g/mol. The van der Waals surface area contributed by atoms with Crippen LogP contribution in [0.3, 0.4) is 0 Å². The number of benzene rings is 1. The topological polar surface area (TPSA) is 105 Å². The maximum Gasteiger partial charge on any atom is 0.337 e. The van der Waals surface area contributed by atoms with E-state index in [2.05, 4.69) is 10.3 Å². The van der Waals surface area contributed by atoms with E-state index in [0.717, 1.165) is 17.1 Å². The van der Waals surface area contributed by atoms with E-state index >= 15 is 0 Å². The molecule has 1 aromatic carbocycles. The molecule has 110 valence electrons. The molecule has 0 saturated carbocycles. The standard InChI is InChI=1S/C13H12FN3O3S/c14-7-1-2-9(8(5-7)13(19)20)17-12(18)10-6-21-11(16-10)3-4-15/h1-2,5-6H,3-4,15H2,(H,17,18)(H,19,20). The van der Waals surface area contributed by atoms with Crippen LogP contribution in [0, 0.1) is 5.82 Å². The summed E-state index contributed by atoms with van der Waals surface area (Å²) in [4.78, 5) is 27.1. The molecule has 6 nitrogen and oxygen atoms in total. The summed E-state index contributed by atoms with van der Waals surface area (Å²) in [5.41, 5.74) is 5.27. The molecule has 2 aromatic rings. The smallest absolute Gasteiger partial charge is 0.337 e. The highest BCUT2D eigenvalue weighted by atomic mass is 32.1. The minimum absolute atomic E-state index is 0.0160. The van der Waals surface area contributed by atoms with E-state index < -0.39 is 17.7 Å². The number of halogens is 1. The van der Waals surface area contributed by atoms with Crippen LogP contribution in [0.25, 0.3) is 0 Å². The van der Waals surface area contributed by atoms with Gasteiger partial charge in [-0.05, 0) is 24.7 Å². The van der Waals surface area contributed by atoms with E-state index in [1.807, 2.05) is 0 Å². The fourth-order valence-corrected chi connectivity index (χ4v) is 2.44. The van der Waals surface area contributed by atoms with Crippen LogP contribution < -0.4 is 11.1 Å². The van der Waals surface area contributed by atoms with Gasteiger partial charge < -0.3 is 16.2 Å². The van der Waals surface area contributed by atoms with Crippen LogP contribution in [0.2, 0.25) is 0 Å². The SMILES string of the molecule is NCCc1nc(C(=O)Nc2ccc(F)cc2C(=O)O)cs1. The Bertz CT molecular complexity index is 687. The third-order valence-corrected chi connectivity index (χ3v) is 3.51. The Kier molecular flexibility index (Phi) is 4.61. The van der Waals surface area contributed by atoms with Gasteiger partial charge in [-0.15, -0.1) is 11.3 Å². The number of carbonyl (C=O) groups excluding carboxylic acids is 1. The Morgan fingerprint density at radius 2 is 2.19 bits per heavy atom. The number of nitrogens with two attached hydrogens (primary N) is 1. The highest BCUT2D eigenvalue weighted by molar-refractivity contribution is 7.09. The number of carboxylic acid groups (broad SMARTS) is 1. The Morgan fingerprint density at radius 3 is 2.86 bits per heavy atom. The summed E-state index contributed by atoms with van der Waals surface area (Å²) in [6, 6.07) is 3.12. The summed E-state index contributed by atoms with van der Waals surface area (Å²) in [6.07, 6.45) is 0.564. The molecule has 21 heavy (non-hydrogen) atoms.